The first-order valence-corrected chi connectivity index (χ1v) is 6.25. The van der Waals surface area contributed by atoms with Gasteiger partial charge in [-0.25, -0.2) is 9.59 Å². The van der Waals surface area contributed by atoms with Gasteiger partial charge in [0.2, 0.25) is 0 Å². The number of aromatic hydroxyl groups is 1. The molecule has 0 spiro atoms. The quantitative estimate of drug-likeness (QED) is 0.829. The number of fused-ring (bicyclic) bond motifs is 1. The highest BCUT2D eigenvalue weighted by molar-refractivity contribution is 5.93. The predicted molar refractivity (Wildman–Crippen MR) is 76.5 cm³/mol. The number of aliphatic imine (C=N–C) groups is 1. The normalized spacial score (nSPS) is 12.8. The van der Waals surface area contributed by atoms with Crippen molar-refractivity contribution in [1.29, 1.82) is 0 Å². The first-order chi connectivity index (χ1) is 10.5. The number of hydrogen-bond donors (Lipinski definition) is 2. The van der Waals surface area contributed by atoms with Crippen LogP contribution in [0.4, 0.5) is 10.5 Å². The number of rotatable bonds is 3. The summed E-state index contributed by atoms with van der Waals surface area (Å²) in [7, 11) is 0. The van der Waals surface area contributed by atoms with Gasteiger partial charge in [-0.15, -0.1) is 0 Å². The van der Waals surface area contributed by atoms with Crippen molar-refractivity contribution >= 4 is 23.9 Å². The molecule has 0 saturated carbocycles. The van der Waals surface area contributed by atoms with Gasteiger partial charge in [0, 0.05) is 11.8 Å². The van der Waals surface area contributed by atoms with Crippen LogP contribution in [0.15, 0.2) is 51.4 Å². The Labute approximate surface area is 123 Å². The third kappa shape index (κ3) is 2.59. The molecule has 1 heterocycles. The van der Waals surface area contributed by atoms with Crippen LogP contribution in [0.3, 0.4) is 0 Å². The summed E-state index contributed by atoms with van der Waals surface area (Å²) in [6.45, 7) is 0. The monoisotopic (exact) mass is 295 g/mol. The number of urea groups is 1. The molecule has 0 unspecified atom stereocenters. The number of phenols is 1. The molecule has 2 N–H and O–H groups in total. The lowest BCUT2D eigenvalue weighted by Gasteiger charge is -2.00. The fraction of sp³-hybridized carbons (Fsp3) is 0. The van der Waals surface area contributed by atoms with Crippen LogP contribution in [0.1, 0.15) is 15.9 Å². The molecule has 7 heteroatoms. The topological polar surface area (TPSA) is 112 Å². The van der Waals surface area contributed by atoms with Crippen molar-refractivity contribution in [2.75, 3.05) is 0 Å². The van der Waals surface area contributed by atoms with E-state index in [1.165, 1.54) is 24.4 Å². The maximum atomic E-state index is 11.1. The van der Waals surface area contributed by atoms with Gasteiger partial charge in [0.25, 0.3) is 0 Å². The van der Waals surface area contributed by atoms with Crippen LogP contribution in [-0.2, 0) is 0 Å². The van der Waals surface area contributed by atoms with Gasteiger partial charge in [-0.2, -0.15) is 9.98 Å². The van der Waals surface area contributed by atoms with E-state index >= 15 is 0 Å². The minimum Gasteiger partial charge on any atom is -0.507 e. The summed E-state index contributed by atoms with van der Waals surface area (Å²) in [5.41, 5.74) is 0.832. The van der Waals surface area contributed by atoms with Gasteiger partial charge < -0.3 is 10.2 Å². The molecular formula is C15H9N3O4. The number of benzene rings is 2. The Kier molecular flexibility index (Phi) is 3.23. The van der Waals surface area contributed by atoms with E-state index in [4.69, 9.17) is 5.11 Å². The molecule has 0 fully saturated rings. The Hall–Kier alpha value is -3.35. The van der Waals surface area contributed by atoms with E-state index in [9.17, 15) is 14.7 Å². The molecule has 0 bridgehead atoms. The molecule has 2 aromatic rings. The second-order valence-corrected chi connectivity index (χ2v) is 4.52. The van der Waals surface area contributed by atoms with Crippen LogP contribution in [-0.4, -0.2) is 28.4 Å². The standard InChI is InChI=1S/C15H9N3O4/c19-13-4-1-8(14(20)21)5-9(13)7-16-10-2-3-11-12(6-10)18-15(22)17-11/h1-7,19H,(H,20,21). The molecule has 0 aromatic heterocycles. The van der Waals surface area contributed by atoms with Crippen molar-refractivity contribution in [2.45, 2.75) is 0 Å². The maximum Gasteiger partial charge on any atom is 0.368 e. The van der Waals surface area contributed by atoms with Crippen LogP contribution in [0.25, 0.3) is 0 Å². The number of aromatic carboxylic acids is 1. The zero-order chi connectivity index (χ0) is 15.7. The summed E-state index contributed by atoms with van der Waals surface area (Å²) in [5.74, 6) is -1.17. The fourth-order valence-corrected chi connectivity index (χ4v) is 1.94. The molecular weight excluding hydrogens is 286 g/mol. The van der Waals surface area contributed by atoms with Crippen LogP contribution < -0.4 is 10.7 Å². The first-order valence-electron chi connectivity index (χ1n) is 6.25. The van der Waals surface area contributed by atoms with Gasteiger partial charge in [-0.3, -0.25) is 4.99 Å². The van der Waals surface area contributed by atoms with E-state index < -0.39 is 12.0 Å². The maximum absolute atomic E-state index is 11.1. The largest absolute Gasteiger partial charge is 0.507 e. The summed E-state index contributed by atoms with van der Waals surface area (Å²) in [6, 6.07) is 8.20. The average Bonchev–Trinajstić information content (AvgIpc) is 2.85. The number of amides is 2. The molecule has 1 aliphatic rings. The van der Waals surface area contributed by atoms with Crippen molar-refractivity contribution in [3.63, 3.8) is 0 Å². The van der Waals surface area contributed by atoms with Crippen LogP contribution in [0, 0.1) is 0 Å². The third-order valence-corrected chi connectivity index (χ3v) is 3.02. The predicted octanol–water partition coefficient (Wildman–Crippen LogP) is 1.21. The number of carboxylic acids is 1. The summed E-state index contributed by atoms with van der Waals surface area (Å²) < 4.78 is 0. The van der Waals surface area contributed by atoms with Crippen molar-refractivity contribution in [3.8, 4) is 5.75 Å². The molecule has 0 aliphatic carbocycles. The van der Waals surface area contributed by atoms with E-state index in [2.05, 4.69) is 15.0 Å². The van der Waals surface area contributed by atoms with E-state index in [-0.39, 0.29) is 16.9 Å². The van der Waals surface area contributed by atoms with Gasteiger partial charge in [0.15, 0.2) is 0 Å². The summed E-state index contributed by atoms with van der Waals surface area (Å²) >= 11 is 0. The molecule has 3 rings (SSSR count). The van der Waals surface area contributed by atoms with E-state index in [1.807, 2.05) is 0 Å². The van der Waals surface area contributed by atoms with Crippen molar-refractivity contribution in [3.05, 3.63) is 58.2 Å². The SMILES string of the molecule is O=C1N=c2ccc(N=Cc3cc(C(=O)O)ccc3O)cc2=N1. The van der Waals surface area contributed by atoms with Gasteiger partial charge in [-0.05, 0) is 36.4 Å². The molecule has 0 saturated heterocycles. The van der Waals surface area contributed by atoms with Crippen molar-refractivity contribution < 1.29 is 19.8 Å². The number of phenolic OH excluding ortho intramolecular Hbond substituents is 1. The second-order valence-electron chi connectivity index (χ2n) is 4.52. The molecule has 108 valence electrons. The van der Waals surface area contributed by atoms with Gasteiger partial charge in [0.05, 0.1) is 22.0 Å². The number of carboxylic acid groups (broad SMARTS) is 1. The van der Waals surface area contributed by atoms with Gasteiger partial charge >= 0.3 is 12.0 Å². The molecule has 0 atom stereocenters. The number of carbonyl (C=O) groups excluding carboxylic acids is 1. The molecule has 1 aliphatic heterocycles. The highest BCUT2D eigenvalue weighted by Crippen LogP contribution is 2.18. The lowest BCUT2D eigenvalue weighted by molar-refractivity contribution is 0.0697. The molecule has 0 radical (unpaired) electrons. The minimum atomic E-state index is -1.09. The van der Waals surface area contributed by atoms with Crippen molar-refractivity contribution in [1.82, 2.24) is 0 Å². The van der Waals surface area contributed by atoms with E-state index in [0.29, 0.717) is 16.4 Å². The smallest absolute Gasteiger partial charge is 0.368 e. The average molecular weight is 295 g/mol. The summed E-state index contributed by atoms with van der Waals surface area (Å²) in [6.07, 6.45) is 1.34. The number of hydrogen-bond acceptors (Lipinski definition) is 4. The first kappa shape index (κ1) is 13.6. The Morgan fingerprint density at radius 2 is 1.86 bits per heavy atom. The zero-order valence-corrected chi connectivity index (χ0v) is 11.1. The third-order valence-electron chi connectivity index (χ3n) is 3.02. The Morgan fingerprint density at radius 1 is 1.09 bits per heavy atom. The minimum absolute atomic E-state index is 0.0487. The van der Waals surface area contributed by atoms with E-state index in [0.717, 1.165) is 0 Å². The Balaban J connectivity index is 1.96. The molecule has 2 aromatic carbocycles. The lowest BCUT2D eigenvalue weighted by Crippen LogP contribution is -2.20. The van der Waals surface area contributed by atoms with Crippen LogP contribution >= 0.6 is 0 Å². The summed E-state index contributed by atoms with van der Waals surface area (Å²) in [4.78, 5) is 33.6. The molecule has 7 nitrogen and oxygen atoms in total. The zero-order valence-electron chi connectivity index (χ0n) is 11.1. The lowest BCUT2D eigenvalue weighted by atomic mass is 10.1. The van der Waals surface area contributed by atoms with Crippen molar-refractivity contribution in [2.24, 2.45) is 15.0 Å². The summed E-state index contributed by atoms with van der Waals surface area (Å²) in [5, 5.41) is 19.6. The van der Waals surface area contributed by atoms with Crippen LogP contribution in [0.2, 0.25) is 0 Å². The number of carbonyl (C=O) groups is 2. The highest BCUT2D eigenvalue weighted by atomic mass is 16.4. The van der Waals surface area contributed by atoms with Gasteiger partial charge in [0.1, 0.15) is 5.75 Å². The van der Waals surface area contributed by atoms with Crippen LogP contribution in [0.5, 0.6) is 5.75 Å². The molecule has 22 heavy (non-hydrogen) atoms. The Bertz CT molecular complexity index is 948. The fourth-order valence-electron chi connectivity index (χ4n) is 1.94. The molecule has 2 amide bonds. The highest BCUT2D eigenvalue weighted by Gasteiger charge is 2.07. The Morgan fingerprint density at radius 3 is 2.64 bits per heavy atom. The van der Waals surface area contributed by atoms with E-state index in [1.54, 1.807) is 18.2 Å². The second kappa shape index (κ2) is 5.21. The van der Waals surface area contributed by atoms with Gasteiger partial charge in [-0.1, -0.05) is 0 Å². The number of nitrogens with zero attached hydrogens (tertiary/aromatic N) is 3.